The number of likely N-dealkylation sites (tertiary alicyclic amines) is 1. The molecular formula is C23H25ClFN5O2. The van der Waals surface area contributed by atoms with Gasteiger partial charge in [-0.05, 0) is 39.0 Å². The molecule has 32 heavy (non-hydrogen) atoms. The molecule has 0 aliphatic carbocycles. The Morgan fingerprint density at radius 1 is 1.16 bits per heavy atom. The van der Waals surface area contributed by atoms with Crippen LogP contribution in [-0.4, -0.2) is 57.1 Å². The van der Waals surface area contributed by atoms with Crippen molar-refractivity contribution in [3.8, 4) is 11.3 Å². The number of alkyl halides is 1. The van der Waals surface area contributed by atoms with Gasteiger partial charge in [0.05, 0.1) is 6.54 Å². The molecule has 9 heteroatoms. The number of benzene rings is 1. The summed E-state index contributed by atoms with van der Waals surface area (Å²) in [6, 6.07) is 8.84. The maximum atomic E-state index is 14.5. The molecule has 7 nitrogen and oxygen atoms in total. The number of ether oxygens (including phenoxy) is 1. The largest absolute Gasteiger partial charge is 0.444 e. The van der Waals surface area contributed by atoms with Crippen LogP contribution in [0.25, 0.3) is 22.0 Å². The van der Waals surface area contributed by atoms with E-state index in [4.69, 9.17) is 16.3 Å². The van der Waals surface area contributed by atoms with E-state index in [2.05, 4.69) is 20.5 Å². The first-order chi connectivity index (χ1) is 15.2. The first kappa shape index (κ1) is 22.2. The van der Waals surface area contributed by atoms with Gasteiger partial charge < -0.3 is 15.0 Å². The van der Waals surface area contributed by atoms with Gasteiger partial charge in [-0.3, -0.25) is 4.98 Å². The molecule has 1 aliphatic heterocycles. The maximum Gasteiger partial charge on any atom is 0.410 e. The van der Waals surface area contributed by atoms with Gasteiger partial charge in [0.1, 0.15) is 17.5 Å². The SMILES string of the molecule is CC(C)(C)OC(=O)N1C[C@H](F)C[C@@H](Nc2nnc(-c3ccc(Cl)cc3)c3cnccc23)C1. The second-order valence-corrected chi connectivity index (χ2v) is 9.32. The van der Waals surface area contributed by atoms with Crippen LogP contribution in [0.15, 0.2) is 42.7 Å². The van der Waals surface area contributed by atoms with Crippen molar-refractivity contribution >= 4 is 34.3 Å². The summed E-state index contributed by atoms with van der Waals surface area (Å²) >= 11 is 6.01. The van der Waals surface area contributed by atoms with E-state index in [1.165, 1.54) is 4.90 Å². The third-order valence-corrected chi connectivity index (χ3v) is 5.34. The molecule has 2 aromatic heterocycles. The number of halogens is 2. The van der Waals surface area contributed by atoms with Crippen molar-refractivity contribution in [2.24, 2.45) is 0 Å². The average molecular weight is 458 g/mol. The van der Waals surface area contributed by atoms with Crippen molar-refractivity contribution in [3.05, 3.63) is 47.7 Å². The molecule has 0 unspecified atom stereocenters. The molecule has 1 aromatic carbocycles. The summed E-state index contributed by atoms with van der Waals surface area (Å²) in [4.78, 5) is 18.1. The van der Waals surface area contributed by atoms with Crippen LogP contribution in [0, 0.1) is 0 Å². The van der Waals surface area contributed by atoms with Gasteiger partial charge in [0.15, 0.2) is 5.82 Å². The molecule has 168 valence electrons. The zero-order valence-corrected chi connectivity index (χ0v) is 18.9. The predicted octanol–water partition coefficient (Wildman–Crippen LogP) is 5.10. The molecule has 0 spiro atoms. The van der Waals surface area contributed by atoms with Gasteiger partial charge in [-0.2, -0.15) is 0 Å². The van der Waals surface area contributed by atoms with Crippen LogP contribution in [0.3, 0.4) is 0 Å². The lowest BCUT2D eigenvalue weighted by atomic mass is 10.0. The van der Waals surface area contributed by atoms with Gasteiger partial charge >= 0.3 is 6.09 Å². The summed E-state index contributed by atoms with van der Waals surface area (Å²) in [6.45, 7) is 5.68. The first-order valence-corrected chi connectivity index (χ1v) is 10.8. The van der Waals surface area contributed by atoms with E-state index >= 15 is 0 Å². The topological polar surface area (TPSA) is 80.2 Å². The van der Waals surface area contributed by atoms with E-state index in [9.17, 15) is 9.18 Å². The van der Waals surface area contributed by atoms with Gasteiger partial charge in [-0.1, -0.05) is 23.7 Å². The van der Waals surface area contributed by atoms with Crippen LogP contribution < -0.4 is 5.32 Å². The Kier molecular flexibility index (Phi) is 6.15. The Labute approximate surface area is 190 Å². The van der Waals surface area contributed by atoms with Gasteiger partial charge in [0.2, 0.25) is 0 Å². The Morgan fingerprint density at radius 2 is 1.91 bits per heavy atom. The van der Waals surface area contributed by atoms with Crippen molar-refractivity contribution in [2.45, 2.75) is 45.0 Å². The second-order valence-electron chi connectivity index (χ2n) is 8.88. The molecule has 3 heterocycles. The van der Waals surface area contributed by atoms with Gasteiger partial charge in [0.25, 0.3) is 0 Å². The minimum atomic E-state index is -1.16. The van der Waals surface area contributed by atoms with Crippen LogP contribution in [0.2, 0.25) is 5.02 Å². The van der Waals surface area contributed by atoms with Crippen molar-refractivity contribution in [2.75, 3.05) is 18.4 Å². The smallest absolute Gasteiger partial charge is 0.410 e. The number of aromatic nitrogens is 3. The van der Waals surface area contributed by atoms with Gasteiger partial charge in [-0.15, -0.1) is 10.2 Å². The molecule has 1 N–H and O–H groups in total. The Morgan fingerprint density at radius 3 is 2.62 bits per heavy atom. The number of anilines is 1. The lowest BCUT2D eigenvalue weighted by molar-refractivity contribution is 0.0124. The molecule has 3 aromatic rings. The highest BCUT2D eigenvalue weighted by Gasteiger charge is 2.33. The Balaban J connectivity index is 1.60. The van der Waals surface area contributed by atoms with E-state index in [1.54, 1.807) is 45.3 Å². The summed E-state index contributed by atoms with van der Waals surface area (Å²) in [6.07, 6.45) is 1.97. The van der Waals surface area contributed by atoms with E-state index in [-0.39, 0.29) is 19.0 Å². The number of carbonyl (C=O) groups excluding carboxylic acids is 1. The fourth-order valence-electron chi connectivity index (χ4n) is 3.74. The number of rotatable bonds is 3. The summed E-state index contributed by atoms with van der Waals surface area (Å²) in [5.41, 5.74) is 0.900. The number of nitrogens with zero attached hydrogens (tertiary/aromatic N) is 4. The minimum Gasteiger partial charge on any atom is -0.444 e. The number of hydrogen-bond acceptors (Lipinski definition) is 6. The van der Waals surface area contributed by atoms with Crippen molar-refractivity contribution in [3.63, 3.8) is 0 Å². The van der Waals surface area contributed by atoms with Gasteiger partial charge in [0, 0.05) is 52.8 Å². The molecule has 0 radical (unpaired) electrons. The van der Waals surface area contributed by atoms with Crippen molar-refractivity contribution in [1.82, 2.24) is 20.1 Å². The molecule has 0 bridgehead atoms. The normalized spacial score (nSPS) is 19.1. The molecule has 2 atom stereocenters. The molecule has 1 fully saturated rings. The number of pyridine rings is 1. The minimum absolute atomic E-state index is 0.0128. The van der Waals surface area contributed by atoms with Crippen LogP contribution in [0.5, 0.6) is 0 Å². The summed E-state index contributed by atoms with van der Waals surface area (Å²) in [5, 5.41) is 14.3. The number of fused-ring (bicyclic) bond motifs is 1. The van der Waals surface area contributed by atoms with E-state index in [0.717, 1.165) is 16.3 Å². The number of hydrogen-bond donors (Lipinski definition) is 1. The molecule has 1 amide bonds. The maximum absolute atomic E-state index is 14.5. The summed E-state index contributed by atoms with van der Waals surface area (Å²) in [7, 11) is 0. The fraction of sp³-hybridized carbons (Fsp3) is 0.391. The highest BCUT2D eigenvalue weighted by molar-refractivity contribution is 6.30. The average Bonchev–Trinajstić information content (AvgIpc) is 2.73. The van der Waals surface area contributed by atoms with E-state index in [0.29, 0.717) is 23.1 Å². The zero-order valence-electron chi connectivity index (χ0n) is 18.2. The standard InChI is InChI=1S/C23H25ClFN5O2/c1-23(2,3)32-22(31)30-12-16(25)10-17(13-30)27-21-18-8-9-26-11-19(18)20(28-29-21)14-4-6-15(24)7-5-14/h4-9,11,16-17H,10,12-13H2,1-3H3,(H,27,29)/t16-,17-/m1/s1. The fourth-order valence-corrected chi connectivity index (χ4v) is 3.86. The molecule has 4 rings (SSSR count). The number of piperidine rings is 1. The first-order valence-electron chi connectivity index (χ1n) is 10.4. The van der Waals surface area contributed by atoms with Crippen LogP contribution in [0.1, 0.15) is 27.2 Å². The molecule has 1 saturated heterocycles. The second kappa shape index (κ2) is 8.86. The Hall–Kier alpha value is -3.00. The predicted molar refractivity (Wildman–Crippen MR) is 123 cm³/mol. The summed E-state index contributed by atoms with van der Waals surface area (Å²) in [5.74, 6) is 0.517. The number of nitrogens with one attached hydrogen (secondary N) is 1. The summed E-state index contributed by atoms with van der Waals surface area (Å²) < 4.78 is 19.9. The van der Waals surface area contributed by atoms with Crippen molar-refractivity contribution < 1.29 is 13.9 Å². The lowest BCUT2D eigenvalue weighted by Gasteiger charge is -2.36. The lowest BCUT2D eigenvalue weighted by Crippen LogP contribution is -2.51. The molecule has 1 aliphatic rings. The third-order valence-electron chi connectivity index (χ3n) is 5.09. The molecule has 0 saturated carbocycles. The van der Waals surface area contributed by atoms with Crippen molar-refractivity contribution in [1.29, 1.82) is 0 Å². The van der Waals surface area contributed by atoms with Crippen LogP contribution >= 0.6 is 11.6 Å². The number of amides is 1. The number of carbonyl (C=O) groups is 1. The molecular weight excluding hydrogens is 433 g/mol. The highest BCUT2D eigenvalue weighted by Crippen LogP contribution is 2.31. The zero-order chi connectivity index (χ0) is 22.9. The van der Waals surface area contributed by atoms with Crippen LogP contribution in [-0.2, 0) is 4.74 Å². The van der Waals surface area contributed by atoms with Crippen LogP contribution in [0.4, 0.5) is 15.0 Å². The quantitative estimate of drug-likeness (QED) is 0.589. The third kappa shape index (κ3) is 5.07. The Bertz CT molecular complexity index is 1120. The van der Waals surface area contributed by atoms with E-state index in [1.807, 2.05) is 18.2 Å². The monoisotopic (exact) mass is 457 g/mol. The van der Waals surface area contributed by atoms with Gasteiger partial charge in [-0.25, -0.2) is 9.18 Å². The van der Waals surface area contributed by atoms with E-state index < -0.39 is 17.9 Å². The highest BCUT2D eigenvalue weighted by atomic mass is 35.5.